The Labute approximate surface area is 164 Å². The van der Waals surface area contributed by atoms with Gasteiger partial charge in [-0.15, -0.1) is 6.58 Å². The van der Waals surface area contributed by atoms with Crippen molar-refractivity contribution in [2.75, 3.05) is 0 Å². The lowest BCUT2D eigenvalue weighted by Gasteiger charge is -2.33. The molecule has 3 heteroatoms. The fourth-order valence-electron chi connectivity index (χ4n) is 4.15. The third kappa shape index (κ3) is 7.73. The van der Waals surface area contributed by atoms with Crippen LogP contribution in [0.1, 0.15) is 75.8 Å². The SMILES string of the molecule is C=CCCC1CCC(C(OCc2ccc(CCCCC)cc2)C(F)F)CC1. The van der Waals surface area contributed by atoms with Crippen LogP contribution in [0.2, 0.25) is 0 Å². The molecule has 1 aliphatic carbocycles. The Kier molecular flexibility index (Phi) is 10.0. The average Bonchev–Trinajstić information content (AvgIpc) is 2.68. The Morgan fingerprint density at radius 2 is 1.74 bits per heavy atom. The summed E-state index contributed by atoms with van der Waals surface area (Å²) < 4.78 is 32.9. The first-order valence-electron chi connectivity index (χ1n) is 10.7. The number of hydrogen-bond acceptors (Lipinski definition) is 1. The molecule has 1 saturated carbocycles. The predicted molar refractivity (Wildman–Crippen MR) is 109 cm³/mol. The molecule has 0 radical (unpaired) electrons. The van der Waals surface area contributed by atoms with Gasteiger partial charge in [-0.05, 0) is 61.5 Å². The Morgan fingerprint density at radius 1 is 1.07 bits per heavy atom. The smallest absolute Gasteiger partial charge is 0.264 e. The number of unbranched alkanes of at least 4 members (excludes halogenated alkanes) is 2. The summed E-state index contributed by atoms with van der Waals surface area (Å²) in [4.78, 5) is 0. The van der Waals surface area contributed by atoms with Gasteiger partial charge in [-0.25, -0.2) is 8.78 Å². The van der Waals surface area contributed by atoms with E-state index < -0.39 is 12.5 Å². The normalized spacial score (nSPS) is 21.3. The first-order valence-corrected chi connectivity index (χ1v) is 10.7. The van der Waals surface area contributed by atoms with Gasteiger partial charge < -0.3 is 4.74 Å². The van der Waals surface area contributed by atoms with Crippen molar-refractivity contribution in [3.05, 3.63) is 48.0 Å². The molecule has 1 aromatic rings. The number of alkyl halides is 2. The summed E-state index contributed by atoms with van der Waals surface area (Å²) in [7, 11) is 0. The van der Waals surface area contributed by atoms with Gasteiger partial charge in [0.1, 0.15) is 6.10 Å². The quantitative estimate of drug-likeness (QED) is 0.273. The van der Waals surface area contributed by atoms with Crippen LogP contribution in [0.15, 0.2) is 36.9 Å². The van der Waals surface area contributed by atoms with Gasteiger partial charge in [0.15, 0.2) is 0 Å². The number of ether oxygens (including phenoxy) is 1. The Balaban J connectivity index is 1.80. The van der Waals surface area contributed by atoms with E-state index in [1.807, 2.05) is 18.2 Å². The molecule has 27 heavy (non-hydrogen) atoms. The second kappa shape index (κ2) is 12.3. The highest BCUT2D eigenvalue weighted by Gasteiger charge is 2.33. The van der Waals surface area contributed by atoms with E-state index in [-0.39, 0.29) is 12.5 Å². The molecule has 2 rings (SSSR count). The van der Waals surface area contributed by atoms with Crippen LogP contribution in [0.25, 0.3) is 0 Å². The summed E-state index contributed by atoms with van der Waals surface area (Å²) >= 11 is 0. The minimum Gasteiger partial charge on any atom is -0.367 e. The zero-order chi connectivity index (χ0) is 19.5. The number of rotatable bonds is 12. The maximum absolute atomic E-state index is 13.6. The molecule has 152 valence electrons. The van der Waals surface area contributed by atoms with Crippen LogP contribution in [0, 0.1) is 11.8 Å². The van der Waals surface area contributed by atoms with Crippen molar-refractivity contribution >= 4 is 0 Å². The minimum atomic E-state index is -2.41. The molecule has 0 aliphatic heterocycles. The summed E-state index contributed by atoms with van der Waals surface area (Å²) in [5.74, 6) is 0.649. The van der Waals surface area contributed by atoms with Crippen molar-refractivity contribution in [3.8, 4) is 0 Å². The van der Waals surface area contributed by atoms with Gasteiger partial charge >= 0.3 is 0 Å². The van der Waals surface area contributed by atoms with Gasteiger partial charge in [-0.1, -0.05) is 62.9 Å². The summed E-state index contributed by atoms with van der Waals surface area (Å²) in [5, 5.41) is 0. The zero-order valence-electron chi connectivity index (χ0n) is 16.8. The van der Waals surface area contributed by atoms with E-state index in [1.165, 1.54) is 24.8 Å². The topological polar surface area (TPSA) is 9.23 Å². The van der Waals surface area contributed by atoms with E-state index in [0.717, 1.165) is 50.5 Å². The number of benzene rings is 1. The lowest BCUT2D eigenvalue weighted by Crippen LogP contribution is -2.34. The van der Waals surface area contributed by atoms with Crippen molar-refractivity contribution in [2.45, 2.75) is 90.3 Å². The standard InChI is InChI=1S/C24H36F2O/c1-3-5-7-9-20-10-12-21(13-11-20)18-27-23(24(25)26)22-16-14-19(15-17-22)8-6-4-2/h4,10-13,19,22-24H,2-3,5-9,14-18H2,1H3. The molecule has 1 aromatic carbocycles. The van der Waals surface area contributed by atoms with E-state index >= 15 is 0 Å². The van der Waals surface area contributed by atoms with Gasteiger partial charge in [0.25, 0.3) is 6.43 Å². The molecule has 0 heterocycles. The van der Waals surface area contributed by atoms with Gasteiger partial charge in [0, 0.05) is 0 Å². The predicted octanol–water partition coefficient (Wildman–Crippen LogP) is 7.34. The Bertz CT molecular complexity index is 518. The molecule has 0 N–H and O–H groups in total. The van der Waals surface area contributed by atoms with Crippen molar-refractivity contribution in [1.29, 1.82) is 0 Å². The van der Waals surface area contributed by atoms with Gasteiger partial charge in [0.2, 0.25) is 0 Å². The second-order valence-electron chi connectivity index (χ2n) is 8.03. The second-order valence-corrected chi connectivity index (χ2v) is 8.03. The lowest BCUT2D eigenvalue weighted by atomic mass is 9.77. The third-order valence-corrected chi connectivity index (χ3v) is 5.92. The van der Waals surface area contributed by atoms with Gasteiger partial charge in [-0.2, -0.15) is 0 Å². The van der Waals surface area contributed by atoms with Crippen molar-refractivity contribution in [1.82, 2.24) is 0 Å². The molecular formula is C24H36F2O. The Morgan fingerprint density at radius 3 is 2.33 bits per heavy atom. The number of aryl methyl sites for hydroxylation is 1. The molecule has 0 aromatic heterocycles. The highest BCUT2D eigenvalue weighted by atomic mass is 19.3. The molecule has 1 atom stereocenters. The first-order chi connectivity index (χ1) is 13.1. The van der Waals surface area contributed by atoms with Gasteiger partial charge in [-0.3, -0.25) is 0 Å². The molecule has 0 amide bonds. The van der Waals surface area contributed by atoms with Crippen LogP contribution in [-0.2, 0) is 17.8 Å². The summed E-state index contributed by atoms with van der Waals surface area (Å²) in [6.07, 6.45) is 9.32. The molecule has 1 nitrogen and oxygen atoms in total. The summed E-state index contributed by atoms with van der Waals surface area (Å²) in [5.41, 5.74) is 2.30. The fraction of sp³-hybridized carbons (Fsp3) is 0.667. The molecule has 0 spiro atoms. The van der Waals surface area contributed by atoms with Gasteiger partial charge in [0.05, 0.1) is 6.61 Å². The third-order valence-electron chi connectivity index (χ3n) is 5.92. The van der Waals surface area contributed by atoms with Crippen molar-refractivity contribution < 1.29 is 13.5 Å². The van der Waals surface area contributed by atoms with Crippen LogP contribution in [-0.4, -0.2) is 12.5 Å². The maximum atomic E-state index is 13.6. The molecule has 1 aliphatic rings. The van der Waals surface area contributed by atoms with Crippen LogP contribution in [0.4, 0.5) is 8.78 Å². The van der Waals surface area contributed by atoms with E-state index in [9.17, 15) is 8.78 Å². The number of halogens is 2. The molecule has 0 saturated heterocycles. The average molecular weight is 379 g/mol. The van der Waals surface area contributed by atoms with Crippen LogP contribution in [0.3, 0.4) is 0 Å². The summed E-state index contributed by atoms with van der Waals surface area (Å²) in [6.45, 7) is 6.25. The largest absolute Gasteiger partial charge is 0.367 e. The van der Waals surface area contributed by atoms with Crippen molar-refractivity contribution in [2.24, 2.45) is 11.8 Å². The lowest BCUT2D eigenvalue weighted by molar-refractivity contribution is -0.102. The van der Waals surface area contributed by atoms with E-state index in [0.29, 0.717) is 5.92 Å². The van der Waals surface area contributed by atoms with E-state index in [1.54, 1.807) is 0 Å². The first kappa shape index (κ1) is 22.1. The van der Waals surface area contributed by atoms with Crippen LogP contribution in [0.5, 0.6) is 0 Å². The van der Waals surface area contributed by atoms with Crippen LogP contribution >= 0.6 is 0 Å². The molecule has 1 unspecified atom stereocenters. The molecular weight excluding hydrogens is 342 g/mol. The molecule has 1 fully saturated rings. The maximum Gasteiger partial charge on any atom is 0.264 e. The monoisotopic (exact) mass is 378 g/mol. The van der Waals surface area contributed by atoms with Crippen LogP contribution < -0.4 is 0 Å². The fourth-order valence-corrected chi connectivity index (χ4v) is 4.15. The zero-order valence-corrected chi connectivity index (χ0v) is 16.8. The number of hydrogen-bond donors (Lipinski definition) is 0. The Hall–Kier alpha value is -1.22. The number of allylic oxidation sites excluding steroid dienone is 1. The van der Waals surface area contributed by atoms with E-state index in [2.05, 4.69) is 25.6 Å². The van der Waals surface area contributed by atoms with E-state index in [4.69, 9.17) is 4.74 Å². The minimum absolute atomic E-state index is 0.0155. The highest BCUT2D eigenvalue weighted by Crippen LogP contribution is 2.36. The van der Waals surface area contributed by atoms with Crippen molar-refractivity contribution in [3.63, 3.8) is 0 Å². The highest BCUT2D eigenvalue weighted by molar-refractivity contribution is 5.22. The summed E-state index contributed by atoms with van der Waals surface area (Å²) in [6, 6.07) is 8.26. The molecule has 0 bridgehead atoms.